The highest BCUT2D eigenvalue weighted by molar-refractivity contribution is 7.15. The van der Waals surface area contributed by atoms with E-state index in [2.05, 4.69) is 15.6 Å². The van der Waals surface area contributed by atoms with Crippen LogP contribution in [-0.2, 0) is 4.79 Å². The molecule has 1 aromatic heterocycles. The number of aryl methyl sites for hydroxylation is 1. The predicted octanol–water partition coefficient (Wildman–Crippen LogP) is 2.61. The minimum atomic E-state index is -0.327. The number of nitrogens with zero attached hydrogens (tertiary/aromatic N) is 2. The van der Waals surface area contributed by atoms with Gasteiger partial charge >= 0.3 is 6.03 Å². The van der Waals surface area contributed by atoms with E-state index in [-0.39, 0.29) is 24.0 Å². The number of carbonyl (C=O) groups excluding carboxylic acids is 2. The van der Waals surface area contributed by atoms with Gasteiger partial charge in [-0.2, -0.15) is 0 Å². The van der Waals surface area contributed by atoms with Gasteiger partial charge in [0.1, 0.15) is 6.54 Å². The maximum absolute atomic E-state index is 12.2. The summed E-state index contributed by atoms with van der Waals surface area (Å²) in [6, 6.07) is -0.227. The molecule has 2 N–H and O–H groups in total. The van der Waals surface area contributed by atoms with E-state index in [0.29, 0.717) is 11.7 Å². The second kappa shape index (κ2) is 7.40. The number of urea groups is 1. The molecule has 0 bridgehead atoms. The standard InChI is InChI=1S/C14H24N4O2S/c1-6-7-18(13(20)17-14(3,4)5)9-11(19)16-12-15-8-10(2)21-12/h8H,6-7,9H2,1-5H3,(H,17,20)(H,15,16,19). The molecule has 0 aliphatic heterocycles. The number of amides is 3. The molecule has 0 radical (unpaired) electrons. The second-order valence-electron chi connectivity index (χ2n) is 5.93. The molecule has 0 fully saturated rings. The molecule has 7 heteroatoms. The van der Waals surface area contributed by atoms with E-state index in [9.17, 15) is 9.59 Å². The number of aromatic nitrogens is 1. The van der Waals surface area contributed by atoms with Crippen molar-refractivity contribution in [2.24, 2.45) is 0 Å². The van der Waals surface area contributed by atoms with Crippen molar-refractivity contribution in [2.45, 2.75) is 46.6 Å². The molecular weight excluding hydrogens is 288 g/mol. The quantitative estimate of drug-likeness (QED) is 0.877. The summed E-state index contributed by atoms with van der Waals surface area (Å²) >= 11 is 1.41. The van der Waals surface area contributed by atoms with Gasteiger partial charge in [0.2, 0.25) is 5.91 Å². The molecule has 0 unspecified atom stereocenters. The van der Waals surface area contributed by atoms with Crippen LogP contribution in [0.3, 0.4) is 0 Å². The molecule has 6 nitrogen and oxygen atoms in total. The van der Waals surface area contributed by atoms with Crippen molar-refractivity contribution in [1.82, 2.24) is 15.2 Å². The lowest BCUT2D eigenvalue weighted by atomic mass is 10.1. The highest BCUT2D eigenvalue weighted by Crippen LogP contribution is 2.16. The summed E-state index contributed by atoms with van der Waals surface area (Å²) < 4.78 is 0. The molecule has 21 heavy (non-hydrogen) atoms. The van der Waals surface area contributed by atoms with Crippen molar-refractivity contribution in [3.05, 3.63) is 11.1 Å². The van der Waals surface area contributed by atoms with Gasteiger partial charge in [-0.3, -0.25) is 4.79 Å². The molecule has 1 rings (SSSR count). The number of rotatable bonds is 5. The molecule has 0 saturated heterocycles. The van der Waals surface area contributed by atoms with Gasteiger partial charge in [-0.15, -0.1) is 11.3 Å². The summed E-state index contributed by atoms with van der Waals surface area (Å²) in [5.74, 6) is -0.234. The van der Waals surface area contributed by atoms with Crippen LogP contribution in [0.1, 0.15) is 39.0 Å². The van der Waals surface area contributed by atoms with Crippen molar-refractivity contribution in [3.8, 4) is 0 Å². The number of carbonyl (C=O) groups is 2. The Morgan fingerprint density at radius 2 is 2.05 bits per heavy atom. The van der Waals surface area contributed by atoms with Crippen molar-refractivity contribution in [1.29, 1.82) is 0 Å². The van der Waals surface area contributed by atoms with E-state index in [4.69, 9.17) is 0 Å². The van der Waals surface area contributed by atoms with Crippen LogP contribution >= 0.6 is 11.3 Å². The maximum atomic E-state index is 12.2. The van der Waals surface area contributed by atoms with E-state index in [0.717, 1.165) is 11.3 Å². The summed E-state index contributed by atoms with van der Waals surface area (Å²) in [5.41, 5.74) is -0.327. The van der Waals surface area contributed by atoms with Crippen molar-refractivity contribution >= 4 is 28.4 Å². The lowest BCUT2D eigenvalue weighted by Crippen LogP contribution is -2.50. The van der Waals surface area contributed by atoms with Gasteiger partial charge in [0.25, 0.3) is 0 Å². The Balaban J connectivity index is 2.60. The van der Waals surface area contributed by atoms with Crippen LogP contribution in [0.4, 0.5) is 9.93 Å². The van der Waals surface area contributed by atoms with Crippen molar-refractivity contribution in [2.75, 3.05) is 18.4 Å². The average Bonchev–Trinajstić information content (AvgIpc) is 2.71. The fourth-order valence-electron chi connectivity index (χ4n) is 1.67. The van der Waals surface area contributed by atoms with E-state index >= 15 is 0 Å². The Hall–Kier alpha value is -1.63. The van der Waals surface area contributed by atoms with Crippen LogP contribution in [0.5, 0.6) is 0 Å². The third kappa shape index (κ3) is 6.57. The molecule has 118 valence electrons. The largest absolute Gasteiger partial charge is 0.333 e. The molecule has 0 atom stereocenters. The van der Waals surface area contributed by atoms with Crippen molar-refractivity contribution in [3.63, 3.8) is 0 Å². The van der Waals surface area contributed by atoms with Gasteiger partial charge in [0.15, 0.2) is 5.13 Å². The summed E-state index contributed by atoms with van der Waals surface area (Å²) in [5, 5.41) is 6.15. The molecular formula is C14H24N4O2S. The van der Waals surface area contributed by atoms with E-state index in [1.165, 1.54) is 16.2 Å². The number of anilines is 1. The molecule has 0 aromatic carbocycles. The highest BCUT2D eigenvalue weighted by Gasteiger charge is 2.21. The summed E-state index contributed by atoms with van der Waals surface area (Å²) in [6.45, 7) is 10.2. The van der Waals surface area contributed by atoms with Gasteiger partial charge in [0.05, 0.1) is 0 Å². The molecule has 0 saturated carbocycles. The molecule has 0 spiro atoms. The zero-order valence-electron chi connectivity index (χ0n) is 13.3. The van der Waals surface area contributed by atoms with Gasteiger partial charge in [0, 0.05) is 23.2 Å². The Morgan fingerprint density at radius 1 is 1.38 bits per heavy atom. The van der Waals surface area contributed by atoms with Crippen LogP contribution in [-0.4, -0.2) is 40.5 Å². The number of hydrogen-bond acceptors (Lipinski definition) is 4. The Labute approximate surface area is 129 Å². The predicted molar refractivity (Wildman–Crippen MR) is 85.6 cm³/mol. The van der Waals surface area contributed by atoms with Gasteiger partial charge in [-0.05, 0) is 34.1 Å². The van der Waals surface area contributed by atoms with Crippen LogP contribution < -0.4 is 10.6 Å². The Morgan fingerprint density at radius 3 is 2.52 bits per heavy atom. The van der Waals surface area contributed by atoms with Gasteiger partial charge < -0.3 is 15.5 Å². The fourth-order valence-corrected chi connectivity index (χ4v) is 2.35. The normalized spacial score (nSPS) is 11.1. The average molecular weight is 312 g/mol. The first-order valence-corrected chi connectivity index (χ1v) is 7.82. The zero-order valence-corrected chi connectivity index (χ0v) is 14.1. The van der Waals surface area contributed by atoms with E-state index in [1.54, 1.807) is 6.20 Å². The molecule has 0 aliphatic rings. The maximum Gasteiger partial charge on any atom is 0.318 e. The fraction of sp³-hybridized carbons (Fsp3) is 0.643. The number of nitrogens with one attached hydrogen (secondary N) is 2. The summed E-state index contributed by atoms with van der Waals surface area (Å²) in [4.78, 5) is 30.8. The van der Waals surface area contributed by atoms with Crippen LogP contribution in [0.25, 0.3) is 0 Å². The van der Waals surface area contributed by atoms with Crippen LogP contribution in [0.15, 0.2) is 6.20 Å². The summed E-state index contributed by atoms with van der Waals surface area (Å²) in [7, 11) is 0. The van der Waals surface area contributed by atoms with E-state index in [1.807, 2.05) is 34.6 Å². The van der Waals surface area contributed by atoms with Gasteiger partial charge in [-0.25, -0.2) is 9.78 Å². The summed E-state index contributed by atoms with van der Waals surface area (Å²) in [6.07, 6.45) is 2.50. The lowest BCUT2D eigenvalue weighted by molar-refractivity contribution is -0.116. The van der Waals surface area contributed by atoms with Crippen molar-refractivity contribution < 1.29 is 9.59 Å². The van der Waals surface area contributed by atoms with Gasteiger partial charge in [-0.1, -0.05) is 6.92 Å². The van der Waals surface area contributed by atoms with E-state index < -0.39 is 0 Å². The minimum absolute atomic E-state index is 0.0222. The molecule has 0 aliphatic carbocycles. The SMILES string of the molecule is CCCN(CC(=O)Nc1ncc(C)s1)C(=O)NC(C)(C)C. The first-order valence-electron chi connectivity index (χ1n) is 7.00. The second-order valence-corrected chi connectivity index (χ2v) is 7.16. The topological polar surface area (TPSA) is 74.3 Å². The Bertz CT molecular complexity index is 493. The smallest absolute Gasteiger partial charge is 0.318 e. The number of thiazole rings is 1. The third-order valence-electron chi connectivity index (χ3n) is 2.46. The first kappa shape index (κ1) is 17.4. The molecule has 3 amide bonds. The van der Waals surface area contributed by atoms with Crippen LogP contribution in [0.2, 0.25) is 0 Å². The molecule has 1 aromatic rings. The third-order valence-corrected chi connectivity index (χ3v) is 3.29. The monoisotopic (exact) mass is 312 g/mol. The highest BCUT2D eigenvalue weighted by atomic mass is 32.1. The Kier molecular flexibility index (Phi) is 6.14. The zero-order chi connectivity index (χ0) is 16.0. The first-order chi connectivity index (χ1) is 9.71. The lowest BCUT2D eigenvalue weighted by Gasteiger charge is -2.27. The number of hydrogen-bond donors (Lipinski definition) is 2. The van der Waals surface area contributed by atoms with Crippen LogP contribution in [0, 0.1) is 6.92 Å². The minimum Gasteiger partial charge on any atom is -0.333 e. The molecule has 1 heterocycles.